The topological polar surface area (TPSA) is 72.3 Å². The van der Waals surface area contributed by atoms with Crippen LogP contribution >= 0.6 is 0 Å². The van der Waals surface area contributed by atoms with E-state index in [4.69, 9.17) is 0 Å². The number of hydrogen-bond donors (Lipinski definition) is 1. The average molecular weight is 391 g/mol. The van der Waals surface area contributed by atoms with Gasteiger partial charge in [-0.05, 0) is 18.2 Å². The van der Waals surface area contributed by atoms with Crippen LogP contribution in [-0.4, -0.2) is 53.3 Å². The molecule has 0 unspecified atom stereocenters. The first-order valence-electron chi connectivity index (χ1n) is 8.63. The van der Waals surface area contributed by atoms with Crippen molar-refractivity contribution in [2.24, 2.45) is 0 Å². The summed E-state index contributed by atoms with van der Waals surface area (Å²) >= 11 is 0. The van der Waals surface area contributed by atoms with Gasteiger partial charge in [-0.3, -0.25) is 4.98 Å². The molecule has 1 aromatic carbocycles. The zero-order valence-electron chi connectivity index (χ0n) is 14.6. The maximum atomic E-state index is 12.5. The molecule has 3 heterocycles. The predicted octanol–water partition coefficient (Wildman–Crippen LogP) is 2.03. The number of piperazine rings is 1. The molecule has 0 amide bonds. The summed E-state index contributed by atoms with van der Waals surface area (Å²) in [6, 6.07) is 10.2. The Balaban J connectivity index is 1.68. The van der Waals surface area contributed by atoms with Crippen LogP contribution in [-0.2, 0) is 4.79 Å². The standard InChI is InChI=1S/C18H16F3N5O2/c19-18(20,21)17(27)28-26-15-4-2-1-3-13(15)16(24-26)14-6-5-12(11-23-14)25-9-7-22-8-10-25/h1-6,11,22H,7-10H2. The predicted molar refractivity (Wildman–Crippen MR) is 95.7 cm³/mol. The molecule has 10 heteroatoms. The van der Waals surface area contributed by atoms with Crippen LogP contribution in [0.3, 0.4) is 0 Å². The van der Waals surface area contributed by atoms with E-state index in [0.717, 1.165) is 31.9 Å². The molecule has 0 radical (unpaired) electrons. The minimum Gasteiger partial charge on any atom is -0.368 e. The Morgan fingerprint density at radius 1 is 1.11 bits per heavy atom. The first kappa shape index (κ1) is 18.2. The molecule has 0 aliphatic carbocycles. The molecule has 1 fully saturated rings. The summed E-state index contributed by atoms with van der Waals surface area (Å²) in [6.45, 7) is 3.51. The summed E-state index contributed by atoms with van der Waals surface area (Å²) in [6.07, 6.45) is -3.41. The maximum Gasteiger partial charge on any atom is 0.493 e. The van der Waals surface area contributed by atoms with Crippen molar-refractivity contribution in [3.8, 4) is 11.4 Å². The number of carbonyl (C=O) groups is 1. The first-order chi connectivity index (χ1) is 13.4. The third kappa shape index (κ3) is 3.50. The number of aromatic nitrogens is 3. The Bertz CT molecular complexity index is 995. The van der Waals surface area contributed by atoms with E-state index in [9.17, 15) is 18.0 Å². The molecule has 0 atom stereocenters. The number of benzene rings is 1. The van der Waals surface area contributed by atoms with Crippen LogP contribution in [0.15, 0.2) is 42.6 Å². The van der Waals surface area contributed by atoms with Gasteiger partial charge in [0.15, 0.2) is 0 Å². The number of para-hydroxylation sites is 1. The van der Waals surface area contributed by atoms with Gasteiger partial charge >= 0.3 is 12.1 Å². The normalized spacial score (nSPS) is 15.0. The Hall–Kier alpha value is -3.14. The molecule has 146 valence electrons. The number of fused-ring (bicyclic) bond motifs is 1. The molecular formula is C18H16F3N5O2. The van der Waals surface area contributed by atoms with Crippen molar-refractivity contribution in [2.45, 2.75) is 6.18 Å². The van der Waals surface area contributed by atoms with Gasteiger partial charge in [-0.1, -0.05) is 23.0 Å². The van der Waals surface area contributed by atoms with E-state index in [2.05, 4.69) is 25.1 Å². The molecule has 28 heavy (non-hydrogen) atoms. The van der Waals surface area contributed by atoms with Gasteiger partial charge < -0.3 is 15.1 Å². The van der Waals surface area contributed by atoms with E-state index in [0.29, 0.717) is 21.6 Å². The number of nitrogens with zero attached hydrogens (tertiary/aromatic N) is 4. The lowest BCUT2D eigenvalue weighted by Crippen LogP contribution is -2.43. The summed E-state index contributed by atoms with van der Waals surface area (Å²) in [5, 5.41) is 7.84. The highest BCUT2D eigenvalue weighted by molar-refractivity contribution is 5.92. The Morgan fingerprint density at radius 3 is 2.54 bits per heavy atom. The largest absolute Gasteiger partial charge is 0.493 e. The number of rotatable bonds is 3. The van der Waals surface area contributed by atoms with E-state index in [1.165, 1.54) is 6.07 Å². The van der Waals surface area contributed by atoms with Crippen molar-refractivity contribution in [3.05, 3.63) is 42.6 Å². The third-order valence-electron chi connectivity index (χ3n) is 4.43. The molecule has 1 saturated heterocycles. The van der Waals surface area contributed by atoms with Crippen LogP contribution in [0, 0.1) is 0 Å². The van der Waals surface area contributed by atoms with E-state index in [1.54, 1.807) is 30.5 Å². The number of hydrogen-bond acceptors (Lipinski definition) is 6. The molecule has 1 N–H and O–H groups in total. The van der Waals surface area contributed by atoms with Gasteiger partial charge in [0.25, 0.3) is 0 Å². The smallest absolute Gasteiger partial charge is 0.368 e. The average Bonchev–Trinajstić information content (AvgIpc) is 3.07. The zero-order valence-corrected chi connectivity index (χ0v) is 14.6. The fourth-order valence-corrected chi connectivity index (χ4v) is 3.06. The Kier molecular flexibility index (Phi) is 4.63. The monoisotopic (exact) mass is 391 g/mol. The molecule has 0 bridgehead atoms. The van der Waals surface area contributed by atoms with Crippen molar-refractivity contribution in [1.29, 1.82) is 0 Å². The number of alkyl halides is 3. The molecule has 4 rings (SSSR count). The maximum absolute atomic E-state index is 12.5. The molecule has 0 saturated carbocycles. The molecule has 7 nitrogen and oxygen atoms in total. The molecule has 3 aromatic rings. The summed E-state index contributed by atoms with van der Waals surface area (Å²) in [5.41, 5.74) is 2.00. The molecule has 1 aliphatic heterocycles. The van der Waals surface area contributed by atoms with Crippen molar-refractivity contribution >= 4 is 22.6 Å². The van der Waals surface area contributed by atoms with Crippen molar-refractivity contribution in [1.82, 2.24) is 20.2 Å². The van der Waals surface area contributed by atoms with Gasteiger partial charge in [-0.2, -0.15) is 13.2 Å². The second-order valence-electron chi connectivity index (χ2n) is 6.25. The van der Waals surface area contributed by atoms with Crippen molar-refractivity contribution < 1.29 is 22.8 Å². The van der Waals surface area contributed by atoms with Gasteiger partial charge in [0, 0.05) is 31.6 Å². The lowest BCUT2D eigenvalue weighted by atomic mass is 10.1. The van der Waals surface area contributed by atoms with Crippen LogP contribution < -0.4 is 15.1 Å². The highest BCUT2D eigenvalue weighted by atomic mass is 19.4. The number of anilines is 1. The van der Waals surface area contributed by atoms with Gasteiger partial charge in [0.1, 0.15) is 11.2 Å². The van der Waals surface area contributed by atoms with Crippen LogP contribution in [0.25, 0.3) is 22.3 Å². The second kappa shape index (κ2) is 7.12. The third-order valence-corrected chi connectivity index (χ3v) is 4.43. The number of nitrogens with one attached hydrogen (secondary N) is 1. The summed E-state index contributed by atoms with van der Waals surface area (Å²) in [5.74, 6) is -2.34. The number of pyridine rings is 1. The van der Waals surface area contributed by atoms with Gasteiger partial charge in [0.05, 0.1) is 17.6 Å². The minimum atomic E-state index is -5.11. The quantitative estimate of drug-likeness (QED) is 0.737. The lowest BCUT2D eigenvalue weighted by molar-refractivity contribution is -0.200. The lowest BCUT2D eigenvalue weighted by Gasteiger charge is -2.29. The van der Waals surface area contributed by atoms with Gasteiger partial charge in [-0.15, -0.1) is 5.10 Å². The zero-order chi connectivity index (χ0) is 19.7. The summed E-state index contributed by atoms with van der Waals surface area (Å²) < 4.78 is 37.6. The molecular weight excluding hydrogens is 375 g/mol. The number of carbonyl (C=O) groups excluding carboxylic acids is 1. The fourth-order valence-electron chi connectivity index (χ4n) is 3.06. The van der Waals surface area contributed by atoms with E-state index >= 15 is 0 Å². The molecule has 0 spiro atoms. The van der Waals surface area contributed by atoms with Gasteiger partial charge in [-0.25, -0.2) is 4.79 Å². The van der Waals surface area contributed by atoms with Crippen LogP contribution in [0.2, 0.25) is 0 Å². The highest BCUT2D eigenvalue weighted by Crippen LogP contribution is 2.28. The van der Waals surface area contributed by atoms with E-state index in [-0.39, 0.29) is 5.52 Å². The second-order valence-corrected chi connectivity index (χ2v) is 6.25. The molecule has 2 aromatic heterocycles. The van der Waals surface area contributed by atoms with Crippen LogP contribution in [0.4, 0.5) is 18.9 Å². The SMILES string of the molecule is O=C(On1nc(-c2ccc(N3CCNCC3)cn2)c2ccccc21)C(F)(F)F. The molecule has 1 aliphatic rings. The highest BCUT2D eigenvalue weighted by Gasteiger charge is 2.42. The van der Waals surface area contributed by atoms with Gasteiger partial charge in [0.2, 0.25) is 0 Å². The van der Waals surface area contributed by atoms with E-state index in [1.807, 2.05) is 6.07 Å². The minimum absolute atomic E-state index is 0.239. The summed E-state index contributed by atoms with van der Waals surface area (Å²) in [7, 11) is 0. The van der Waals surface area contributed by atoms with E-state index < -0.39 is 12.1 Å². The van der Waals surface area contributed by atoms with Crippen molar-refractivity contribution in [3.63, 3.8) is 0 Å². The van der Waals surface area contributed by atoms with Crippen molar-refractivity contribution in [2.75, 3.05) is 31.1 Å². The van der Waals surface area contributed by atoms with Crippen LogP contribution in [0.5, 0.6) is 0 Å². The van der Waals surface area contributed by atoms with Crippen LogP contribution in [0.1, 0.15) is 0 Å². The Labute approximate surface area is 157 Å². The summed E-state index contributed by atoms with van der Waals surface area (Å²) in [4.78, 5) is 22.8. The first-order valence-corrected chi connectivity index (χ1v) is 8.63. The number of halogens is 3. The Morgan fingerprint density at radius 2 is 1.86 bits per heavy atom. The fraction of sp³-hybridized carbons (Fsp3) is 0.278.